The number of carbonyl (C=O) groups excluding carboxylic acids is 2. The minimum atomic E-state index is -0.554. The fourth-order valence-electron chi connectivity index (χ4n) is 2.20. The zero-order valence-corrected chi connectivity index (χ0v) is 14.9. The zero-order chi connectivity index (χ0) is 19.6. The number of nitrogens with zero attached hydrogens (tertiary/aromatic N) is 1. The van der Waals surface area contributed by atoms with Crippen LogP contribution in [-0.2, 0) is 4.79 Å². The third-order valence-electron chi connectivity index (χ3n) is 3.65. The van der Waals surface area contributed by atoms with Gasteiger partial charge in [0, 0.05) is 29.9 Å². The van der Waals surface area contributed by atoms with Crippen molar-refractivity contribution in [2.24, 2.45) is 0 Å². The van der Waals surface area contributed by atoms with Crippen LogP contribution in [0, 0.1) is 10.1 Å². The smallest absolute Gasteiger partial charge is 0.270 e. The minimum Gasteiger partial charge on any atom is -0.484 e. The number of nitro benzene ring substituents is 1. The molecule has 2 aromatic carbocycles. The molecule has 0 heterocycles. The van der Waals surface area contributed by atoms with E-state index in [0.29, 0.717) is 18.0 Å². The standard InChI is InChI=1S/C19H21N3O5/c1-2-3-11-20-18(23)13-27-17-9-7-15(8-10-17)21-19(24)14-5-4-6-16(12-14)22(25)26/h4-10,12H,2-3,11,13H2,1H3,(H,20,23)(H,21,24). The predicted octanol–water partition coefficient (Wildman–Crippen LogP) is 3.14. The topological polar surface area (TPSA) is 111 Å². The molecular weight excluding hydrogens is 350 g/mol. The second-order valence-corrected chi connectivity index (χ2v) is 5.78. The molecule has 0 fully saturated rings. The largest absolute Gasteiger partial charge is 0.484 e. The molecule has 2 aromatic rings. The van der Waals surface area contributed by atoms with Gasteiger partial charge in [-0.3, -0.25) is 19.7 Å². The van der Waals surface area contributed by atoms with Gasteiger partial charge in [0.15, 0.2) is 6.61 Å². The summed E-state index contributed by atoms with van der Waals surface area (Å²) in [6.45, 7) is 2.59. The second kappa shape index (κ2) is 9.91. The molecule has 0 bridgehead atoms. The molecule has 2 N–H and O–H groups in total. The van der Waals surface area contributed by atoms with Crippen LogP contribution in [0.25, 0.3) is 0 Å². The van der Waals surface area contributed by atoms with Crippen LogP contribution in [0.1, 0.15) is 30.1 Å². The van der Waals surface area contributed by atoms with Crippen molar-refractivity contribution in [3.05, 3.63) is 64.2 Å². The molecule has 142 valence electrons. The molecule has 0 radical (unpaired) electrons. The molecule has 0 aliphatic heterocycles. The monoisotopic (exact) mass is 371 g/mol. The van der Waals surface area contributed by atoms with Gasteiger partial charge in [0.05, 0.1) is 4.92 Å². The molecule has 0 saturated carbocycles. The number of ether oxygens (including phenoxy) is 1. The summed E-state index contributed by atoms with van der Waals surface area (Å²) >= 11 is 0. The van der Waals surface area contributed by atoms with Gasteiger partial charge in [-0.05, 0) is 36.8 Å². The molecular formula is C19H21N3O5. The Bertz CT molecular complexity index is 805. The average Bonchev–Trinajstić information content (AvgIpc) is 2.67. The fraction of sp³-hybridized carbons (Fsp3) is 0.263. The van der Waals surface area contributed by atoms with Gasteiger partial charge in [-0.1, -0.05) is 19.4 Å². The molecule has 8 heteroatoms. The highest BCUT2D eigenvalue weighted by Crippen LogP contribution is 2.18. The van der Waals surface area contributed by atoms with E-state index in [-0.39, 0.29) is 23.8 Å². The maximum atomic E-state index is 12.2. The number of unbranched alkanes of at least 4 members (excludes halogenated alkanes) is 1. The van der Waals surface area contributed by atoms with Crippen molar-refractivity contribution in [3.8, 4) is 5.75 Å². The van der Waals surface area contributed by atoms with E-state index >= 15 is 0 Å². The maximum absolute atomic E-state index is 12.2. The Balaban J connectivity index is 1.88. The number of amides is 2. The lowest BCUT2D eigenvalue weighted by Crippen LogP contribution is -2.29. The maximum Gasteiger partial charge on any atom is 0.270 e. The van der Waals surface area contributed by atoms with Crippen LogP contribution >= 0.6 is 0 Å². The van der Waals surface area contributed by atoms with E-state index < -0.39 is 10.8 Å². The quantitative estimate of drug-likeness (QED) is 0.400. The molecule has 0 unspecified atom stereocenters. The van der Waals surface area contributed by atoms with Gasteiger partial charge in [-0.25, -0.2) is 0 Å². The summed E-state index contributed by atoms with van der Waals surface area (Å²) in [4.78, 5) is 34.0. The Morgan fingerprint density at radius 1 is 1.15 bits per heavy atom. The minimum absolute atomic E-state index is 0.0803. The molecule has 0 aliphatic rings. The number of non-ortho nitro benzene ring substituents is 1. The summed E-state index contributed by atoms with van der Waals surface area (Å²) in [6.07, 6.45) is 1.93. The Morgan fingerprint density at radius 3 is 2.56 bits per heavy atom. The molecule has 0 saturated heterocycles. The first-order chi connectivity index (χ1) is 13.0. The highest BCUT2D eigenvalue weighted by Gasteiger charge is 2.11. The lowest BCUT2D eigenvalue weighted by atomic mass is 10.2. The SMILES string of the molecule is CCCCNC(=O)COc1ccc(NC(=O)c2cccc([N+](=O)[O-])c2)cc1. The number of anilines is 1. The van der Waals surface area contributed by atoms with Gasteiger partial charge in [-0.2, -0.15) is 0 Å². The number of nitrogens with one attached hydrogen (secondary N) is 2. The van der Waals surface area contributed by atoms with Crippen molar-refractivity contribution in [1.82, 2.24) is 5.32 Å². The first kappa shape index (κ1) is 19.9. The van der Waals surface area contributed by atoms with Crippen LogP contribution in [0.5, 0.6) is 5.75 Å². The van der Waals surface area contributed by atoms with E-state index in [4.69, 9.17) is 4.74 Å². The summed E-state index contributed by atoms with van der Waals surface area (Å²) in [5.41, 5.74) is 0.545. The third kappa shape index (κ3) is 6.43. The van der Waals surface area contributed by atoms with Crippen molar-refractivity contribution in [2.45, 2.75) is 19.8 Å². The van der Waals surface area contributed by atoms with Crippen LogP contribution in [0.3, 0.4) is 0 Å². The normalized spacial score (nSPS) is 10.1. The summed E-state index contributed by atoms with van der Waals surface area (Å²) in [5, 5.41) is 16.2. The Labute approximate surface area is 156 Å². The van der Waals surface area contributed by atoms with E-state index in [1.54, 1.807) is 24.3 Å². The molecule has 0 aromatic heterocycles. The van der Waals surface area contributed by atoms with E-state index in [0.717, 1.165) is 12.8 Å². The third-order valence-corrected chi connectivity index (χ3v) is 3.65. The lowest BCUT2D eigenvalue weighted by molar-refractivity contribution is -0.384. The molecule has 0 atom stereocenters. The molecule has 0 aliphatic carbocycles. The van der Waals surface area contributed by atoms with Gasteiger partial charge in [-0.15, -0.1) is 0 Å². The molecule has 27 heavy (non-hydrogen) atoms. The van der Waals surface area contributed by atoms with Gasteiger partial charge in [0.25, 0.3) is 17.5 Å². The summed E-state index contributed by atoms with van der Waals surface area (Å²) in [5.74, 6) is -0.150. The van der Waals surface area contributed by atoms with E-state index in [1.807, 2.05) is 6.92 Å². The Morgan fingerprint density at radius 2 is 1.89 bits per heavy atom. The van der Waals surface area contributed by atoms with Crippen LogP contribution in [-0.4, -0.2) is 29.9 Å². The summed E-state index contributed by atoms with van der Waals surface area (Å²) in [7, 11) is 0. The molecule has 2 rings (SSSR count). The van der Waals surface area contributed by atoms with E-state index in [2.05, 4.69) is 10.6 Å². The number of carbonyl (C=O) groups is 2. The van der Waals surface area contributed by atoms with Gasteiger partial charge in [0.1, 0.15) is 5.75 Å². The average molecular weight is 371 g/mol. The Hall–Kier alpha value is -3.42. The highest BCUT2D eigenvalue weighted by atomic mass is 16.6. The lowest BCUT2D eigenvalue weighted by Gasteiger charge is -2.09. The van der Waals surface area contributed by atoms with Crippen molar-refractivity contribution >= 4 is 23.2 Å². The van der Waals surface area contributed by atoms with Crippen LogP contribution in [0.2, 0.25) is 0 Å². The number of rotatable bonds is 9. The first-order valence-corrected chi connectivity index (χ1v) is 8.55. The molecule has 0 spiro atoms. The van der Waals surface area contributed by atoms with Gasteiger partial charge in [0.2, 0.25) is 0 Å². The summed E-state index contributed by atoms with van der Waals surface area (Å²) in [6, 6.07) is 12.0. The van der Waals surface area contributed by atoms with Gasteiger partial charge >= 0.3 is 0 Å². The first-order valence-electron chi connectivity index (χ1n) is 8.55. The van der Waals surface area contributed by atoms with Crippen molar-refractivity contribution < 1.29 is 19.2 Å². The van der Waals surface area contributed by atoms with Crippen LogP contribution in [0.15, 0.2) is 48.5 Å². The fourth-order valence-corrected chi connectivity index (χ4v) is 2.20. The van der Waals surface area contributed by atoms with Crippen molar-refractivity contribution in [1.29, 1.82) is 0 Å². The summed E-state index contributed by atoms with van der Waals surface area (Å²) < 4.78 is 5.39. The molecule has 2 amide bonds. The van der Waals surface area contributed by atoms with Crippen LogP contribution in [0.4, 0.5) is 11.4 Å². The number of nitro groups is 1. The Kier molecular flexibility index (Phi) is 7.30. The van der Waals surface area contributed by atoms with Crippen molar-refractivity contribution in [2.75, 3.05) is 18.5 Å². The van der Waals surface area contributed by atoms with Crippen molar-refractivity contribution in [3.63, 3.8) is 0 Å². The second-order valence-electron chi connectivity index (χ2n) is 5.78. The van der Waals surface area contributed by atoms with Crippen LogP contribution < -0.4 is 15.4 Å². The highest BCUT2D eigenvalue weighted by molar-refractivity contribution is 6.04. The predicted molar refractivity (Wildman–Crippen MR) is 101 cm³/mol. The molecule has 8 nitrogen and oxygen atoms in total. The number of hydrogen-bond donors (Lipinski definition) is 2. The number of benzene rings is 2. The van der Waals surface area contributed by atoms with E-state index in [9.17, 15) is 19.7 Å². The zero-order valence-electron chi connectivity index (χ0n) is 14.9. The van der Waals surface area contributed by atoms with E-state index in [1.165, 1.54) is 24.3 Å². The van der Waals surface area contributed by atoms with Gasteiger partial charge < -0.3 is 15.4 Å². The number of hydrogen-bond acceptors (Lipinski definition) is 5.